The molecule has 2 N–H and O–H groups in total. The van der Waals surface area contributed by atoms with E-state index < -0.39 is 0 Å². The van der Waals surface area contributed by atoms with Crippen LogP contribution in [0.5, 0.6) is 5.75 Å². The highest BCUT2D eigenvalue weighted by atomic mass is 16.5. The quantitative estimate of drug-likeness (QED) is 0.687. The minimum atomic E-state index is -0.287. The van der Waals surface area contributed by atoms with Gasteiger partial charge in [0.2, 0.25) is 5.91 Å². The molecule has 0 atom stereocenters. The van der Waals surface area contributed by atoms with Crippen LogP contribution in [0.2, 0.25) is 0 Å². The maximum Gasteiger partial charge on any atom is 0.217 e. The molecule has 0 saturated carbocycles. The Kier molecular flexibility index (Phi) is 3.82. The van der Waals surface area contributed by atoms with Crippen LogP contribution >= 0.6 is 0 Å². The zero-order valence-corrected chi connectivity index (χ0v) is 7.32. The third-order valence-electron chi connectivity index (χ3n) is 1.52. The SMILES string of the molecule is NC(=O)CCCOc1cc[c]cc1. The van der Waals surface area contributed by atoms with Gasteiger partial charge >= 0.3 is 0 Å². The fraction of sp³-hybridized carbons (Fsp3) is 0.300. The smallest absolute Gasteiger partial charge is 0.217 e. The van der Waals surface area contributed by atoms with Crippen LogP contribution < -0.4 is 10.5 Å². The van der Waals surface area contributed by atoms with Gasteiger partial charge in [-0.3, -0.25) is 4.79 Å². The number of ether oxygens (including phenoxy) is 1. The van der Waals surface area contributed by atoms with E-state index in [0.29, 0.717) is 19.4 Å². The first-order valence-electron chi connectivity index (χ1n) is 4.16. The molecule has 0 bridgehead atoms. The summed E-state index contributed by atoms with van der Waals surface area (Å²) < 4.78 is 5.33. The molecule has 0 aliphatic carbocycles. The molecule has 0 aliphatic heterocycles. The van der Waals surface area contributed by atoms with Crippen LogP contribution in [0.3, 0.4) is 0 Å². The highest BCUT2D eigenvalue weighted by Crippen LogP contribution is 2.08. The Balaban J connectivity index is 2.17. The van der Waals surface area contributed by atoms with Crippen molar-refractivity contribution in [2.24, 2.45) is 5.73 Å². The average Bonchev–Trinajstić information content (AvgIpc) is 2.14. The minimum Gasteiger partial charge on any atom is -0.494 e. The summed E-state index contributed by atoms with van der Waals surface area (Å²) in [6.07, 6.45) is 1.03. The molecule has 1 aromatic rings. The molecule has 3 heteroatoms. The van der Waals surface area contributed by atoms with Crippen molar-refractivity contribution in [3.63, 3.8) is 0 Å². The molecule has 0 fully saturated rings. The van der Waals surface area contributed by atoms with Gasteiger partial charge in [-0.15, -0.1) is 0 Å². The van der Waals surface area contributed by atoms with Crippen LogP contribution in [-0.4, -0.2) is 12.5 Å². The first kappa shape index (κ1) is 9.58. The summed E-state index contributed by atoms with van der Waals surface area (Å²) in [4.78, 5) is 10.4. The second kappa shape index (κ2) is 5.19. The molecule has 0 saturated heterocycles. The molecule has 0 aliphatic rings. The number of benzene rings is 1. The summed E-state index contributed by atoms with van der Waals surface area (Å²) in [5.41, 5.74) is 4.97. The number of carbonyl (C=O) groups excluding carboxylic acids is 1. The van der Waals surface area contributed by atoms with Gasteiger partial charge < -0.3 is 10.5 Å². The van der Waals surface area contributed by atoms with Gasteiger partial charge in [0.05, 0.1) is 6.61 Å². The Bertz CT molecular complexity index is 259. The molecular formula is C10H12NO2. The number of primary amides is 1. The zero-order chi connectivity index (χ0) is 9.52. The molecular weight excluding hydrogens is 166 g/mol. The number of amides is 1. The van der Waals surface area contributed by atoms with Gasteiger partial charge in [-0.2, -0.15) is 0 Å². The van der Waals surface area contributed by atoms with Crippen molar-refractivity contribution in [3.8, 4) is 5.75 Å². The van der Waals surface area contributed by atoms with Crippen molar-refractivity contribution in [1.82, 2.24) is 0 Å². The fourth-order valence-corrected chi connectivity index (χ4v) is 0.904. The van der Waals surface area contributed by atoms with Gasteiger partial charge in [0.25, 0.3) is 0 Å². The van der Waals surface area contributed by atoms with Crippen molar-refractivity contribution < 1.29 is 9.53 Å². The number of carbonyl (C=O) groups is 1. The summed E-state index contributed by atoms with van der Waals surface area (Å²) in [5, 5.41) is 0. The van der Waals surface area contributed by atoms with Crippen molar-refractivity contribution in [1.29, 1.82) is 0 Å². The number of hydrogen-bond acceptors (Lipinski definition) is 2. The van der Waals surface area contributed by atoms with E-state index in [1.807, 2.05) is 12.1 Å². The minimum absolute atomic E-state index is 0.287. The predicted octanol–water partition coefficient (Wildman–Crippen LogP) is 1.13. The van der Waals surface area contributed by atoms with E-state index in [4.69, 9.17) is 10.5 Å². The third kappa shape index (κ3) is 4.15. The van der Waals surface area contributed by atoms with Crippen LogP contribution in [0.25, 0.3) is 0 Å². The largest absolute Gasteiger partial charge is 0.494 e. The van der Waals surface area contributed by atoms with Crippen LogP contribution in [0, 0.1) is 6.07 Å². The van der Waals surface area contributed by atoms with Gasteiger partial charge in [0.1, 0.15) is 5.75 Å². The van der Waals surface area contributed by atoms with Crippen molar-refractivity contribution in [2.75, 3.05) is 6.61 Å². The van der Waals surface area contributed by atoms with E-state index in [-0.39, 0.29) is 5.91 Å². The summed E-state index contributed by atoms with van der Waals surface area (Å²) in [6, 6.07) is 10.1. The summed E-state index contributed by atoms with van der Waals surface area (Å²) in [5.74, 6) is 0.508. The monoisotopic (exact) mass is 178 g/mol. The van der Waals surface area contributed by atoms with Gasteiger partial charge in [0.15, 0.2) is 0 Å². The molecule has 3 nitrogen and oxygen atoms in total. The Morgan fingerprint density at radius 2 is 2.15 bits per heavy atom. The van der Waals surface area contributed by atoms with Crippen LogP contribution in [-0.2, 0) is 4.79 Å². The van der Waals surface area contributed by atoms with E-state index in [1.165, 1.54) is 0 Å². The summed E-state index contributed by atoms with van der Waals surface area (Å²) in [6.45, 7) is 0.521. The Morgan fingerprint density at radius 1 is 1.46 bits per heavy atom. The fourth-order valence-electron chi connectivity index (χ4n) is 0.904. The Hall–Kier alpha value is -1.51. The van der Waals surface area contributed by atoms with Gasteiger partial charge in [-0.1, -0.05) is 12.1 Å². The topological polar surface area (TPSA) is 52.3 Å². The Morgan fingerprint density at radius 3 is 2.77 bits per heavy atom. The van der Waals surface area contributed by atoms with E-state index in [0.717, 1.165) is 5.75 Å². The molecule has 0 unspecified atom stereocenters. The molecule has 0 aromatic heterocycles. The lowest BCUT2D eigenvalue weighted by Gasteiger charge is -2.03. The molecule has 1 amide bonds. The zero-order valence-electron chi connectivity index (χ0n) is 7.32. The van der Waals surface area contributed by atoms with Crippen LogP contribution in [0.4, 0.5) is 0 Å². The lowest BCUT2D eigenvalue weighted by Crippen LogP contribution is -2.11. The van der Waals surface area contributed by atoms with E-state index >= 15 is 0 Å². The summed E-state index contributed by atoms with van der Waals surface area (Å²) >= 11 is 0. The second-order valence-corrected chi connectivity index (χ2v) is 2.65. The maximum absolute atomic E-state index is 10.4. The first-order chi connectivity index (χ1) is 6.29. The summed E-state index contributed by atoms with van der Waals surface area (Å²) in [7, 11) is 0. The molecule has 1 rings (SSSR count). The Labute approximate surface area is 77.5 Å². The standard InChI is InChI=1S/C10H12NO2/c11-10(12)7-4-8-13-9-5-2-1-3-6-9/h2-3,5-6H,4,7-8H2,(H2,11,12). The van der Waals surface area contributed by atoms with Gasteiger partial charge in [0, 0.05) is 6.42 Å². The first-order valence-corrected chi connectivity index (χ1v) is 4.16. The molecule has 0 spiro atoms. The van der Waals surface area contributed by atoms with E-state index in [2.05, 4.69) is 6.07 Å². The lowest BCUT2D eigenvalue weighted by molar-refractivity contribution is -0.118. The second-order valence-electron chi connectivity index (χ2n) is 2.65. The predicted molar refractivity (Wildman–Crippen MR) is 49.2 cm³/mol. The highest BCUT2D eigenvalue weighted by Gasteiger charge is 1.95. The van der Waals surface area contributed by atoms with E-state index in [1.54, 1.807) is 12.1 Å². The molecule has 1 aromatic carbocycles. The molecule has 0 heterocycles. The highest BCUT2D eigenvalue weighted by molar-refractivity contribution is 5.73. The van der Waals surface area contributed by atoms with Crippen LogP contribution in [0.15, 0.2) is 24.3 Å². The average molecular weight is 178 g/mol. The molecule has 1 radical (unpaired) electrons. The molecule has 13 heavy (non-hydrogen) atoms. The molecule has 69 valence electrons. The van der Waals surface area contributed by atoms with Crippen molar-refractivity contribution in [3.05, 3.63) is 30.3 Å². The lowest BCUT2D eigenvalue weighted by atomic mass is 10.3. The van der Waals surface area contributed by atoms with Crippen LogP contribution in [0.1, 0.15) is 12.8 Å². The van der Waals surface area contributed by atoms with Crippen molar-refractivity contribution >= 4 is 5.91 Å². The van der Waals surface area contributed by atoms with Gasteiger partial charge in [-0.25, -0.2) is 0 Å². The number of nitrogens with two attached hydrogens (primary N) is 1. The maximum atomic E-state index is 10.4. The normalized spacial score (nSPS) is 9.54. The third-order valence-corrected chi connectivity index (χ3v) is 1.52. The van der Waals surface area contributed by atoms with Crippen molar-refractivity contribution in [2.45, 2.75) is 12.8 Å². The van der Waals surface area contributed by atoms with Gasteiger partial charge in [-0.05, 0) is 24.6 Å². The number of hydrogen-bond donors (Lipinski definition) is 1. The number of rotatable bonds is 5. The van der Waals surface area contributed by atoms with E-state index in [9.17, 15) is 4.79 Å².